The van der Waals surface area contributed by atoms with Crippen molar-refractivity contribution < 1.29 is 9.53 Å². The van der Waals surface area contributed by atoms with E-state index in [2.05, 4.69) is 52.6 Å². The van der Waals surface area contributed by atoms with Gasteiger partial charge in [-0.25, -0.2) is 0 Å². The number of hydrogen-bond donors (Lipinski definition) is 3. The molecule has 1 atom stereocenters. The van der Waals surface area contributed by atoms with Crippen LogP contribution in [0.2, 0.25) is 0 Å². The maximum atomic E-state index is 11.4. The van der Waals surface area contributed by atoms with Crippen molar-refractivity contribution >= 4 is 11.6 Å². The van der Waals surface area contributed by atoms with Crippen molar-refractivity contribution in [3.05, 3.63) is 58.7 Å². The second-order valence-electron chi connectivity index (χ2n) is 7.75. The Morgan fingerprint density at radius 2 is 2.11 bits per heavy atom. The van der Waals surface area contributed by atoms with E-state index in [1.165, 1.54) is 29.5 Å². The van der Waals surface area contributed by atoms with E-state index in [-0.39, 0.29) is 5.91 Å². The molecule has 1 amide bonds. The van der Waals surface area contributed by atoms with Gasteiger partial charge in [0.15, 0.2) is 0 Å². The van der Waals surface area contributed by atoms with E-state index in [1.807, 2.05) is 0 Å². The summed E-state index contributed by atoms with van der Waals surface area (Å²) >= 11 is 0. The molecule has 2 aliphatic rings. The Hall–Kier alpha value is -2.53. The van der Waals surface area contributed by atoms with Crippen molar-refractivity contribution in [2.45, 2.75) is 44.4 Å². The van der Waals surface area contributed by atoms with Crippen molar-refractivity contribution in [1.29, 1.82) is 0 Å². The van der Waals surface area contributed by atoms with Crippen LogP contribution in [0.1, 0.15) is 47.4 Å². The number of ether oxygens (including phenoxy) is 1. The van der Waals surface area contributed by atoms with Gasteiger partial charge in [-0.05, 0) is 85.5 Å². The lowest BCUT2D eigenvalue weighted by Gasteiger charge is -2.27. The number of carbonyl (C=O) groups excluding carboxylic acids is 1. The van der Waals surface area contributed by atoms with Crippen LogP contribution < -0.4 is 20.9 Å². The molecular formula is C23H29N3O2. The summed E-state index contributed by atoms with van der Waals surface area (Å²) in [5.74, 6) is 1.69. The summed E-state index contributed by atoms with van der Waals surface area (Å²) in [6, 6.07) is 12.8. The lowest BCUT2D eigenvalue weighted by molar-refractivity contribution is -0.120. The number of rotatable bonds is 7. The molecule has 3 N–H and O–H groups in total. The van der Waals surface area contributed by atoms with Crippen molar-refractivity contribution in [3.63, 3.8) is 0 Å². The second-order valence-corrected chi connectivity index (χ2v) is 7.75. The number of amides is 1. The van der Waals surface area contributed by atoms with Gasteiger partial charge in [0.25, 0.3) is 0 Å². The Bertz CT molecular complexity index is 850. The molecule has 5 nitrogen and oxygen atoms in total. The van der Waals surface area contributed by atoms with Gasteiger partial charge in [0.05, 0.1) is 19.2 Å². The number of carbonyl (C=O) groups is 1. The highest BCUT2D eigenvalue weighted by atomic mass is 16.5. The summed E-state index contributed by atoms with van der Waals surface area (Å²) in [6.07, 6.45) is 6.25. The van der Waals surface area contributed by atoms with E-state index in [0.29, 0.717) is 12.3 Å². The fourth-order valence-electron chi connectivity index (χ4n) is 4.44. The lowest BCUT2D eigenvalue weighted by atomic mass is 9.80. The number of anilines is 1. The van der Waals surface area contributed by atoms with Crippen LogP contribution in [0.5, 0.6) is 5.75 Å². The molecule has 0 bridgehead atoms. The van der Waals surface area contributed by atoms with Crippen molar-refractivity contribution in [3.8, 4) is 5.75 Å². The summed E-state index contributed by atoms with van der Waals surface area (Å²) in [4.78, 5) is 11.4. The SMILES string of the molecule is COc1cccc2c1CCCC2CCNCCc1ccc2c(c1)NNC(=O)C2. The molecule has 148 valence electrons. The summed E-state index contributed by atoms with van der Waals surface area (Å²) in [6.45, 7) is 1.99. The molecule has 4 rings (SSSR count). The minimum atomic E-state index is 0.0174. The van der Waals surface area contributed by atoms with Gasteiger partial charge in [0.1, 0.15) is 5.75 Å². The van der Waals surface area contributed by atoms with E-state index in [4.69, 9.17) is 4.74 Å². The predicted molar refractivity (Wildman–Crippen MR) is 112 cm³/mol. The molecule has 1 aliphatic heterocycles. The van der Waals surface area contributed by atoms with Gasteiger partial charge in [-0.3, -0.25) is 15.6 Å². The van der Waals surface area contributed by atoms with Gasteiger partial charge in [0, 0.05) is 0 Å². The van der Waals surface area contributed by atoms with E-state index < -0.39 is 0 Å². The Morgan fingerprint density at radius 3 is 3.00 bits per heavy atom. The maximum absolute atomic E-state index is 11.4. The monoisotopic (exact) mass is 379 g/mol. The Kier molecular flexibility index (Phi) is 5.81. The van der Waals surface area contributed by atoms with Crippen molar-refractivity contribution in [2.24, 2.45) is 0 Å². The number of hydrogen-bond acceptors (Lipinski definition) is 4. The van der Waals surface area contributed by atoms with Crippen LogP contribution in [0.4, 0.5) is 5.69 Å². The zero-order chi connectivity index (χ0) is 19.3. The molecule has 0 fully saturated rings. The molecule has 0 spiro atoms. The Morgan fingerprint density at radius 1 is 1.18 bits per heavy atom. The first-order valence-electron chi connectivity index (χ1n) is 10.3. The molecule has 1 unspecified atom stereocenters. The summed E-state index contributed by atoms with van der Waals surface area (Å²) < 4.78 is 5.55. The van der Waals surface area contributed by atoms with Gasteiger partial charge < -0.3 is 10.1 Å². The summed E-state index contributed by atoms with van der Waals surface area (Å²) in [5, 5.41) is 3.61. The molecule has 1 heterocycles. The van der Waals surface area contributed by atoms with Gasteiger partial charge >= 0.3 is 0 Å². The fraction of sp³-hybridized carbons (Fsp3) is 0.435. The highest BCUT2D eigenvalue weighted by Crippen LogP contribution is 2.38. The predicted octanol–water partition coefficient (Wildman–Crippen LogP) is 3.34. The van der Waals surface area contributed by atoms with Crippen LogP contribution in [0.15, 0.2) is 36.4 Å². The number of nitrogens with one attached hydrogen (secondary N) is 3. The minimum Gasteiger partial charge on any atom is -0.496 e. The molecule has 1 aliphatic carbocycles. The first kappa shape index (κ1) is 18.8. The van der Waals surface area contributed by atoms with Gasteiger partial charge in [0.2, 0.25) is 5.91 Å². The number of fused-ring (bicyclic) bond motifs is 2. The van der Waals surface area contributed by atoms with E-state index >= 15 is 0 Å². The number of benzene rings is 2. The Labute approximate surface area is 166 Å². The van der Waals surface area contributed by atoms with E-state index in [9.17, 15) is 4.79 Å². The van der Waals surface area contributed by atoms with E-state index in [1.54, 1.807) is 7.11 Å². The molecule has 5 heteroatoms. The van der Waals surface area contributed by atoms with Crippen LogP contribution in [0, 0.1) is 0 Å². The third-order valence-electron chi connectivity index (χ3n) is 5.93. The molecule has 0 saturated heterocycles. The van der Waals surface area contributed by atoms with Crippen molar-refractivity contribution in [1.82, 2.24) is 10.7 Å². The summed E-state index contributed by atoms with van der Waals surface area (Å²) in [5.41, 5.74) is 11.9. The van der Waals surface area contributed by atoms with E-state index in [0.717, 1.165) is 49.4 Å². The highest BCUT2D eigenvalue weighted by molar-refractivity contribution is 5.84. The average Bonchev–Trinajstić information content (AvgIpc) is 2.73. The topological polar surface area (TPSA) is 62.4 Å². The quantitative estimate of drug-likeness (QED) is 0.646. The highest BCUT2D eigenvalue weighted by Gasteiger charge is 2.22. The zero-order valence-corrected chi connectivity index (χ0v) is 16.5. The zero-order valence-electron chi connectivity index (χ0n) is 16.5. The van der Waals surface area contributed by atoms with Crippen LogP contribution >= 0.6 is 0 Å². The third kappa shape index (κ3) is 4.14. The van der Waals surface area contributed by atoms with Gasteiger partial charge in [-0.15, -0.1) is 0 Å². The smallest absolute Gasteiger partial charge is 0.242 e. The third-order valence-corrected chi connectivity index (χ3v) is 5.93. The number of methoxy groups -OCH3 is 1. The summed E-state index contributed by atoms with van der Waals surface area (Å²) in [7, 11) is 1.77. The first-order valence-corrected chi connectivity index (χ1v) is 10.3. The van der Waals surface area contributed by atoms with Crippen LogP contribution in [-0.4, -0.2) is 26.1 Å². The fourth-order valence-corrected chi connectivity index (χ4v) is 4.44. The largest absolute Gasteiger partial charge is 0.496 e. The minimum absolute atomic E-state index is 0.0174. The maximum Gasteiger partial charge on any atom is 0.242 e. The molecule has 0 radical (unpaired) electrons. The molecular weight excluding hydrogens is 350 g/mol. The molecule has 0 aromatic heterocycles. The first-order chi connectivity index (χ1) is 13.7. The molecule has 28 heavy (non-hydrogen) atoms. The molecule has 0 saturated carbocycles. The van der Waals surface area contributed by atoms with Gasteiger partial charge in [-0.2, -0.15) is 0 Å². The number of hydrazine groups is 1. The normalized spacial score (nSPS) is 17.9. The van der Waals surface area contributed by atoms with Crippen molar-refractivity contribution in [2.75, 3.05) is 25.6 Å². The lowest BCUT2D eigenvalue weighted by Crippen LogP contribution is -2.35. The second kappa shape index (κ2) is 8.65. The van der Waals surface area contributed by atoms with Crippen LogP contribution in [-0.2, 0) is 24.1 Å². The van der Waals surface area contributed by atoms with Crippen LogP contribution in [0.25, 0.3) is 0 Å². The standard InChI is InChI=1S/C23H29N3O2/c1-28-22-7-3-5-19-17(4-2-6-20(19)22)11-13-24-12-10-16-8-9-18-15-23(27)26-25-21(18)14-16/h3,5,7-9,14,17,24-25H,2,4,6,10-13,15H2,1H3,(H,26,27). The van der Waals surface area contributed by atoms with Crippen LogP contribution in [0.3, 0.4) is 0 Å². The Balaban J connectivity index is 1.26. The molecule has 2 aromatic rings. The average molecular weight is 380 g/mol. The molecule has 2 aromatic carbocycles. The van der Waals surface area contributed by atoms with Gasteiger partial charge in [-0.1, -0.05) is 24.3 Å².